The topological polar surface area (TPSA) is 58.1 Å². The van der Waals surface area contributed by atoms with Crippen LogP contribution in [0.5, 0.6) is 0 Å². The highest BCUT2D eigenvalue weighted by molar-refractivity contribution is 7.87. The maximum absolute atomic E-state index is 12.8. The highest BCUT2D eigenvalue weighted by atomic mass is 32.2. The lowest BCUT2D eigenvalue weighted by Gasteiger charge is -2.07. The first-order chi connectivity index (χ1) is 11.9. The van der Waals surface area contributed by atoms with E-state index in [0.29, 0.717) is 0 Å². The van der Waals surface area contributed by atoms with Crippen LogP contribution >= 0.6 is 0 Å². The lowest BCUT2D eigenvalue weighted by Crippen LogP contribution is -2.08. The van der Waals surface area contributed by atoms with Gasteiger partial charge < -0.3 is 4.98 Å². The van der Waals surface area contributed by atoms with Gasteiger partial charge in [-0.1, -0.05) is 43.4 Å². The number of alkyl halides is 3. The van der Waals surface area contributed by atoms with Gasteiger partial charge in [0.05, 0.1) is 11.1 Å². The Labute approximate surface area is 147 Å². The molecule has 25 heavy (non-hydrogen) atoms. The summed E-state index contributed by atoms with van der Waals surface area (Å²) in [6, 6.07) is 4.50. The van der Waals surface area contributed by atoms with Crippen LogP contribution in [0.2, 0.25) is 0 Å². The number of aromatic nitrogens is 2. The number of carbonyl (C=O) groups excluding carboxylic acids is 1. The number of aromatic amines is 1. The smallest absolute Gasteiger partial charge is 0.334 e. The van der Waals surface area contributed by atoms with E-state index in [1.54, 1.807) is 6.07 Å². The van der Waals surface area contributed by atoms with Crippen molar-refractivity contribution in [1.82, 2.24) is 9.97 Å². The van der Waals surface area contributed by atoms with Crippen molar-refractivity contribution in [2.45, 2.75) is 45.7 Å². The lowest BCUT2D eigenvalue weighted by molar-refractivity contribution is -0.144. The molecule has 0 bridgehead atoms. The average Bonchev–Trinajstić information content (AvgIpc) is 3.01. The van der Waals surface area contributed by atoms with Crippen LogP contribution in [0.1, 0.15) is 55.7 Å². The molecule has 138 valence electrons. The van der Waals surface area contributed by atoms with Crippen molar-refractivity contribution < 1.29 is 18.0 Å². The van der Waals surface area contributed by atoms with Gasteiger partial charge in [0.25, 0.3) is 5.91 Å². The fourth-order valence-electron chi connectivity index (χ4n) is 2.32. The maximum atomic E-state index is 12.8. The summed E-state index contributed by atoms with van der Waals surface area (Å²) in [6.07, 6.45) is -0.585. The van der Waals surface area contributed by atoms with Crippen molar-refractivity contribution in [3.05, 3.63) is 29.6 Å². The van der Waals surface area contributed by atoms with Crippen LogP contribution in [0, 0.1) is 0 Å². The van der Waals surface area contributed by atoms with Crippen molar-refractivity contribution in [3.63, 3.8) is 0 Å². The van der Waals surface area contributed by atoms with Crippen molar-refractivity contribution >= 4 is 27.6 Å². The summed E-state index contributed by atoms with van der Waals surface area (Å²) >= 11 is 0. The minimum atomic E-state index is -4.58. The van der Waals surface area contributed by atoms with E-state index in [1.165, 1.54) is 12.1 Å². The normalized spacial score (nSPS) is 12.1. The summed E-state index contributed by atoms with van der Waals surface area (Å²) in [7, 11) is -0.393. The number of carbonyl (C=O) groups is 1. The van der Waals surface area contributed by atoms with Crippen LogP contribution in [0.4, 0.5) is 13.2 Å². The Balaban J connectivity index is 2.36. The number of nitrogens with zero attached hydrogens (tertiary/aromatic N) is 2. The second-order valence-electron chi connectivity index (χ2n) is 5.76. The van der Waals surface area contributed by atoms with Crippen LogP contribution in [0.15, 0.2) is 22.6 Å². The van der Waals surface area contributed by atoms with Gasteiger partial charge >= 0.3 is 6.18 Å². The van der Waals surface area contributed by atoms with Crippen LogP contribution in [0.3, 0.4) is 0 Å². The standard InChI is InChI=1S/C17H22F3N3OS/c1-3-5-10-25(11-6-4-2)23-15(24)12-8-7-9-13-14(12)22-16(21-13)17(18,19)20/h7-9H,3-6,10-11H2,1-2H3,(H,21,22). The summed E-state index contributed by atoms with van der Waals surface area (Å²) in [5, 5.41) is 0. The summed E-state index contributed by atoms with van der Waals surface area (Å²) in [5.74, 6) is 0.0965. The van der Waals surface area contributed by atoms with Gasteiger partial charge in [0.2, 0.25) is 5.82 Å². The highest BCUT2D eigenvalue weighted by Gasteiger charge is 2.35. The van der Waals surface area contributed by atoms with Crippen LogP contribution in [-0.4, -0.2) is 27.4 Å². The number of unbranched alkanes of at least 4 members (excludes halogenated alkanes) is 2. The number of fused-ring (bicyclic) bond motifs is 1. The average molecular weight is 373 g/mol. The first kappa shape index (κ1) is 19.6. The van der Waals surface area contributed by atoms with Crippen molar-refractivity contribution in [2.75, 3.05) is 11.5 Å². The van der Waals surface area contributed by atoms with Crippen molar-refractivity contribution in [2.24, 2.45) is 4.36 Å². The van der Waals surface area contributed by atoms with Gasteiger partial charge in [0.15, 0.2) is 0 Å². The van der Waals surface area contributed by atoms with Crippen LogP contribution in [0.25, 0.3) is 11.0 Å². The first-order valence-corrected chi connectivity index (χ1v) is 9.88. The van der Waals surface area contributed by atoms with Gasteiger partial charge in [-0.05, 0) is 25.0 Å². The van der Waals surface area contributed by atoms with E-state index >= 15 is 0 Å². The van der Waals surface area contributed by atoms with Gasteiger partial charge in [-0.15, -0.1) is 0 Å². The molecular formula is C17H22F3N3OS. The Kier molecular flexibility index (Phi) is 6.75. The number of imidazole rings is 1. The molecule has 1 aromatic heterocycles. The van der Waals surface area contributed by atoms with Gasteiger partial charge in [0, 0.05) is 11.5 Å². The van der Waals surface area contributed by atoms with E-state index in [-0.39, 0.29) is 16.6 Å². The Morgan fingerprint density at radius 1 is 1.20 bits per heavy atom. The monoisotopic (exact) mass is 373 g/mol. The highest BCUT2D eigenvalue weighted by Crippen LogP contribution is 2.29. The molecule has 0 aliphatic carbocycles. The quantitative estimate of drug-likeness (QED) is 0.732. The van der Waals surface area contributed by atoms with Crippen LogP contribution < -0.4 is 0 Å². The summed E-state index contributed by atoms with van der Waals surface area (Å²) in [6.45, 7) is 4.15. The predicted octanol–water partition coefficient (Wildman–Crippen LogP) is 5.12. The predicted molar refractivity (Wildman–Crippen MR) is 94.8 cm³/mol. The van der Waals surface area contributed by atoms with Crippen molar-refractivity contribution in [3.8, 4) is 0 Å². The second kappa shape index (κ2) is 8.60. The zero-order valence-corrected chi connectivity index (χ0v) is 15.1. The molecule has 0 atom stereocenters. The Morgan fingerprint density at radius 2 is 1.84 bits per heavy atom. The number of hydrogen-bond donors (Lipinski definition) is 1. The van der Waals surface area contributed by atoms with E-state index in [0.717, 1.165) is 37.2 Å². The third-order valence-corrected chi connectivity index (χ3v) is 5.63. The molecule has 8 heteroatoms. The fourth-order valence-corrected chi connectivity index (χ4v) is 4.28. The zero-order valence-electron chi connectivity index (χ0n) is 14.3. The fraction of sp³-hybridized carbons (Fsp3) is 0.529. The molecule has 1 aromatic carbocycles. The second-order valence-corrected chi connectivity index (χ2v) is 7.68. The number of amides is 1. The van der Waals surface area contributed by atoms with Gasteiger partial charge in [-0.25, -0.2) is 4.98 Å². The van der Waals surface area contributed by atoms with E-state index in [4.69, 9.17) is 0 Å². The number of H-pyrrole nitrogens is 1. The molecule has 1 N–H and O–H groups in total. The van der Waals surface area contributed by atoms with E-state index in [2.05, 4.69) is 28.2 Å². The Hall–Kier alpha value is -1.70. The third-order valence-electron chi connectivity index (χ3n) is 3.69. The minimum absolute atomic E-state index is 0.0260. The van der Waals surface area contributed by atoms with Gasteiger partial charge in [-0.3, -0.25) is 4.79 Å². The molecule has 2 rings (SSSR count). The number of halogens is 3. The zero-order chi connectivity index (χ0) is 18.4. The number of nitrogens with one attached hydrogen (secondary N) is 1. The summed E-state index contributed by atoms with van der Waals surface area (Å²) < 4.78 is 42.8. The summed E-state index contributed by atoms with van der Waals surface area (Å²) in [5.41, 5.74) is 0.336. The molecule has 0 fully saturated rings. The number of benzene rings is 1. The molecular weight excluding hydrogens is 351 g/mol. The number of hydrogen-bond acceptors (Lipinski definition) is 2. The molecule has 2 aromatic rings. The lowest BCUT2D eigenvalue weighted by atomic mass is 10.2. The van der Waals surface area contributed by atoms with Crippen LogP contribution in [-0.2, 0) is 16.9 Å². The van der Waals surface area contributed by atoms with E-state index in [9.17, 15) is 18.0 Å². The minimum Gasteiger partial charge on any atom is -0.334 e. The molecule has 0 spiro atoms. The molecule has 0 saturated heterocycles. The summed E-state index contributed by atoms with van der Waals surface area (Å²) in [4.78, 5) is 18.4. The van der Waals surface area contributed by atoms with E-state index < -0.39 is 28.6 Å². The molecule has 0 saturated carbocycles. The molecule has 0 radical (unpaired) electrons. The molecule has 1 amide bonds. The Morgan fingerprint density at radius 3 is 2.40 bits per heavy atom. The molecule has 4 nitrogen and oxygen atoms in total. The molecule has 1 heterocycles. The van der Waals surface area contributed by atoms with Gasteiger partial charge in [-0.2, -0.15) is 17.5 Å². The molecule has 0 unspecified atom stereocenters. The maximum Gasteiger partial charge on any atom is 0.449 e. The largest absolute Gasteiger partial charge is 0.449 e. The Bertz CT molecular complexity index is 758. The van der Waals surface area contributed by atoms with Crippen molar-refractivity contribution in [1.29, 1.82) is 0 Å². The van der Waals surface area contributed by atoms with E-state index in [1.807, 2.05) is 0 Å². The number of rotatable bonds is 7. The first-order valence-electron chi connectivity index (χ1n) is 8.36. The molecule has 0 aliphatic rings. The molecule has 0 aliphatic heterocycles. The third kappa shape index (κ3) is 5.14. The number of para-hydroxylation sites is 1. The van der Waals surface area contributed by atoms with Gasteiger partial charge in [0.1, 0.15) is 5.52 Å². The SMILES string of the molecule is CCCCS(CCCC)=NC(=O)c1cccc2[nH]c(C(F)(F)F)nc12.